The van der Waals surface area contributed by atoms with Crippen LogP contribution < -0.4 is 5.32 Å². The lowest BCUT2D eigenvalue weighted by atomic mass is 9.94. The van der Waals surface area contributed by atoms with Crippen molar-refractivity contribution in [2.45, 2.75) is 58.1 Å². The van der Waals surface area contributed by atoms with Crippen LogP contribution in [0.15, 0.2) is 18.2 Å². The first-order chi connectivity index (χ1) is 9.20. The predicted molar refractivity (Wildman–Crippen MR) is 80.5 cm³/mol. The summed E-state index contributed by atoms with van der Waals surface area (Å²) in [6, 6.07) is 7.21. The van der Waals surface area contributed by atoms with Crippen LogP contribution in [0, 0.1) is 13.8 Å². The summed E-state index contributed by atoms with van der Waals surface area (Å²) in [5, 5.41) is 3.46. The van der Waals surface area contributed by atoms with Crippen LogP contribution in [0.25, 0.3) is 0 Å². The van der Waals surface area contributed by atoms with E-state index in [4.69, 9.17) is 4.74 Å². The van der Waals surface area contributed by atoms with Crippen molar-refractivity contribution in [1.82, 2.24) is 5.32 Å². The zero-order valence-electron chi connectivity index (χ0n) is 12.5. The topological polar surface area (TPSA) is 21.3 Å². The summed E-state index contributed by atoms with van der Waals surface area (Å²) in [6.07, 6.45) is 6.62. The fourth-order valence-corrected chi connectivity index (χ4v) is 3.06. The summed E-state index contributed by atoms with van der Waals surface area (Å²) in [7, 11) is 2.06. The SMILES string of the molecule is CNC(CCC1CCCCO1)c1ccc(C)cc1C. The van der Waals surface area contributed by atoms with Crippen LogP contribution in [0.4, 0.5) is 0 Å². The Labute approximate surface area is 117 Å². The number of hydrogen-bond donors (Lipinski definition) is 1. The molecule has 0 aliphatic carbocycles. The molecule has 0 spiro atoms. The van der Waals surface area contributed by atoms with Gasteiger partial charge in [-0.15, -0.1) is 0 Å². The van der Waals surface area contributed by atoms with Gasteiger partial charge in [-0.05, 0) is 64.1 Å². The second-order valence-corrected chi connectivity index (χ2v) is 5.77. The van der Waals surface area contributed by atoms with Gasteiger partial charge in [-0.2, -0.15) is 0 Å². The minimum Gasteiger partial charge on any atom is -0.378 e. The molecule has 0 aromatic heterocycles. The third kappa shape index (κ3) is 4.05. The zero-order valence-corrected chi connectivity index (χ0v) is 12.5. The lowest BCUT2D eigenvalue weighted by molar-refractivity contribution is 0.00865. The van der Waals surface area contributed by atoms with E-state index < -0.39 is 0 Å². The van der Waals surface area contributed by atoms with Gasteiger partial charge in [0.1, 0.15) is 0 Å². The first-order valence-electron chi connectivity index (χ1n) is 7.56. The van der Waals surface area contributed by atoms with Crippen molar-refractivity contribution < 1.29 is 4.74 Å². The van der Waals surface area contributed by atoms with Crippen LogP contribution in [0.5, 0.6) is 0 Å². The minimum absolute atomic E-state index is 0.450. The number of nitrogens with one attached hydrogen (secondary N) is 1. The molecule has 2 unspecified atom stereocenters. The van der Waals surface area contributed by atoms with Gasteiger partial charge >= 0.3 is 0 Å². The molecule has 0 saturated carbocycles. The molecule has 1 fully saturated rings. The molecule has 2 atom stereocenters. The molecule has 1 aliphatic heterocycles. The molecule has 106 valence electrons. The summed E-state index contributed by atoms with van der Waals surface area (Å²) in [6.45, 7) is 5.32. The van der Waals surface area contributed by atoms with Gasteiger partial charge in [0.05, 0.1) is 6.10 Å². The second kappa shape index (κ2) is 7.06. The molecule has 0 bridgehead atoms. The minimum atomic E-state index is 0.450. The summed E-state index contributed by atoms with van der Waals surface area (Å²) in [5.74, 6) is 0. The van der Waals surface area contributed by atoms with Gasteiger partial charge in [0.2, 0.25) is 0 Å². The first kappa shape index (κ1) is 14.5. The standard InChI is InChI=1S/C17H27NO/c1-13-7-9-16(14(2)12-13)17(18-3)10-8-15-6-4-5-11-19-15/h7,9,12,15,17-18H,4-6,8,10-11H2,1-3H3. The summed E-state index contributed by atoms with van der Waals surface area (Å²) < 4.78 is 5.83. The van der Waals surface area contributed by atoms with Crippen LogP contribution in [0.3, 0.4) is 0 Å². The molecular formula is C17H27NO. The summed E-state index contributed by atoms with van der Waals surface area (Å²) in [5.41, 5.74) is 4.17. The molecule has 1 heterocycles. The van der Waals surface area contributed by atoms with Crippen LogP contribution in [0.1, 0.15) is 54.8 Å². The highest BCUT2D eigenvalue weighted by Gasteiger charge is 2.17. The second-order valence-electron chi connectivity index (χ2n) is 5.77. The molecule has 1 aromatic rings. The Hall–Kier alpha value is -0.860. The number of aryl methyl sites for hydroxylation is 2. The monoisotopic (exact) mass is 261 g/mol. The third-order valence-electron chi connectivity index (χ3n) is 4.20. The Kier molecular flexibility index (Phi) is 5.41. The molecule has 0 amide bonds. The fourth-order valence-electron chi connectivity index (χ4n) is 3.06. The molecule has 1 aromatic carbocycles. The van der Waals surface area contributed by atoms with Gasteiger partial charge in [0.25, 0.3) is 0 Å². The van der Waals surface area contributed by atoms with E-state index in [1.165, 1.54) is 42.4 Å². The van der Waals surface area contributed by atoms with Crippen molar-refractivity contribution in [2.75, 3.05) is 13.7 Å². The lowest BCUT2D eigenvalue weighted by Gasteiger charge is -2.25. The normalized spacial score (nSPS) is 21.3. The van der Waals surface area contributed by atoms with Crippen molar-refractivity contribution in [3.8, 4) is 0 Å². The highest BCUT2D eigenvalue weighted by atomic mass is 16.5. The number of hydrogen-bond acceptors (Lipinski definition) is 2. The number of benzene rings is 1. The lowest BCUT2D eigenvalue weighted by Crippen LogP contribution is -2.23. The zero-order chi connectivity index (χ0) is 13.7. The quantitative estimate of drug-likeness (QED) is 0.867. The molecule has 1 saturated heterocycles. The number of rotatable bonds is 5. The van der Waals surface area contributed by atoms with E-state index in [0.29, 0.717) is 12.1 Å². The maximum atomic E-state index is 5.83. The van der Waals surface area contributed by atoms with Gasteiger partial charge in [0.15, 0.2) is 0 Å². The van der Waals surface area contributed by atoms with E-state index in [2.05, 4.69) is 44.4 Å². The smallest absolute Gasteiger partial charge is 0.0575 e. The van der Waals surface area contributed by atoms with Crippen LogP contribution >= 0.6 is 0 Å². The maximum absolute atomic E-state index is 5.83. The van der Waals surface area contributed by atoms with E-state index in [9.17, 15) is 0 Å². The van der Waals surface area contributed by atoms with Gasteiger partial charge in [-0.25, -0.2) is 0 Å². The molecule has 2 nitrogen and oxygen atoms in total. The third-order valence-corrected chi connectivity index (χ3v) is 4.20. The molecule has 0 radical (unpaired) electrons. The fraction of sp³-hybridized carbons (Fsp3) is 0.647. The van der Waals surface area contributed by atoms with E-state index in [-0.39, 0.29) is 0 Å². The molecular weight excluding hydrogens is 234 g/mol. The first-order valence-corrected chi connectivity index (χ1v) is 7.56. The van der Waals surface area contributed by atoms with Crippen molar-refractivity contribution in [3.63, 3.8) is 0 Å². The van der Waals surface area contributed by atoms with E-state index in [1.54, 1.807) is 0 Å². The molecule has 1 N–H and O–H groups in total. The predicted octanol–water partition coefficient (Wildman–Crippen LogP) is 3.91. The summed E-state index contributed by atoms with van der Waals surface area (Å²) in [4.78, 5) is 0. The van der Waals surface area contributed by atoms with Gasteiger partial charge in [-0.1, -0.05) is 23.8 Å². The van der Waals surface area contributed by atoms with Gasteiger partial charge < -0.3 is 10.1 Å². The van der Waals surface area contributed by atoms with Crippen molar-refractivity contribution in [1.29, 1.82) is 0 Å². The Morgan fingerprint density at radius 2 is 2.16 bits per heavy atom. The van der Waals surface area contributed by atoms with Crippen LogP contribution in [0.2, 0.25) is 0 Å². The van der Waals surface area contributed by atoms with Crippen molar-refractivity contribution in [2.24, 2.45) is 0 Å². The van der Waals surface area contributed by atoms with Gasteiger partial charge in [0, 0.05) is 12.6 Å². The highest BCUT2D eigenvalue weighted by molar-refractivity contribution is 5.32. The van der Waals surface area contributed by atoms with Crippen molar-refractivity contribution >= 4 is 0 Å². The number of ether oxygens (including phenoxy) is 1. The average Bonchev–Trinajstić information content (AvgIpc) is 2.42. The largest absolute Gasteiger partial charge is 0.378 e. The van der Waals surface area contributed by atoms with Crippen molar-refractivity contribution in [3.05, 3.63) is 34.9 Å². The molecule has 1 aliphatic rings. The van der Waals surface area contributed by atoms with Crippen LogP contribution in [-0.4, -0.2) is 19.8 Å². The Bertz CT molecular complexity index is 396. The average molecular weight is 261 g/mol. The maximum Gasteiger partial charge on any atom is 0.0575 e. The van der Waals surface area contributed by atoms with Crippen LogP contribution in [-0.2, 0) is 4.74 Å². The van der Waals surface area contributed by atoms with E-state index in [0.717, 1.165) is 13.0 Å². The molecule has 2 rings (SSSR count). The summed E-state index contributed by atoms with van der Waals surface area (Å²) >= 11 is 0. The molecule has 19 heavy (non-hydrogen) atoms. The Balaban J connectivity index is 1.95. The van der Waals surface area contributed by atoms with E-state index in [1.807, 2.05) is 0 Å². The Morgan fingerprint density at radius 1 is 1.32 bits per heavy atom. The van der Waals surface area contributed by atoms with Gasteiger partial charge in [-0.3, -0.25) is 0 Å². The van der Waals surface area contributed by atoms with E-state index >= 15 is 0 Å². The molecule has 2 heteroatoms. The Morgan fingerprint density at radius 3 is 2.79 bits per heavy atom. The highest BCUT2D eigenvalue weighted by Crippen LogP contribution is 2.26.